The summed E-state index contributed by atoms with van der Waals surface area (Å²) in [6.45, 7) is 1.74. The number of aromatic nitrogens is 2. The molecule has 1 heterocycles. The molecule has 0 saturated heterocycles. The number of hydrogen-bond acceptors (Lipinski definition) is 4. The first-order chi connectivity index (χ1) is 7.03. The molecule has 0 saturated carbocycles. The second-order valence-electron chi connectivity index (χ2n) is 3.42. The molecule has 1 rings (SSSR count). The van der Waals surface area contributed by atoms with Crippen molar-refractivity contribution in [2.75, 3.05) is 5.75 Å². The van der Waals surface area contributed by atoms with Crippen molar-refractivity contribution in [2.24, 2.45) is 7.05 Å². The summed E-state index contributed by atoms with van der Waals surface area (Å²) in [5.41, 5.74) is 0.505. The molecule has 0 fully saturated rings. The molecule has 0 aromatic carbocycles. The summed E-state index contributed by atoms with van der Waals surface area (Å²) in [5.74, 6) is 0.110. The highest BCUT2D eigenvalue weighted by Gasteiger charge is 2.20. The van der Waals surface area contributed by atoms with Crippen LogP contribution in [0.3, 0.4) is 0 Å². The van der Waals surface area contributed by atoms with Crippen LogP contribution in [-0.2, 0) is 23.5 Å². The van der Waals surface area contributed by atoms with E-state index in [0.29, 0.717) is 12.1 Å². The molecule has 0 radical (unpaired) electrons. The van der Waals surface area contributed by atoms with Gasteiger partial charge in [-0.05, 0) is 6.42 Å². The van der Waals surface area contributed by atoms with Crippen LogP contribution in [0.1, 0.15) is 25.5 Å². The molecular formula is C9H16N2O3S. The second-order valence-corrected chi connectivity index (χ2v) is 5.42. The van der Waals surface area contributed by atoms with Crippen LogP contribution in [-0.4, -0.2) is 28.8 Å². The fourth-order valence-electron chi connectivity index (χ4n) is 1.29. The fraction of sp³-hybridized carbons (Fsp3) is 0.667. The summed E-state index contributed by atoms with van der Waals surface area (Å²) in [6, 6.07) is 0. The van der Waals surface area contributed by atoms with Gasteiger partial charge in [-0.25, -0.2) is 13.4 Å². The maximum atomic E-state index is 11.8. The summed E-state index contributed by atoms with van der Waals surface area (Å²) >= 11 is 0. The van der Waals surface area contributed by atoms with Crippen molar-refractivity contribution in [1.82, 2.24) is 9.55 Å². The lowest BCUT2D eigenvalue weighted by atomic mass is 10.4. The van der Waals surface area contributed by atoms with Gasteiger partial charge in [0.2, 0.25) is 15.0 Å². The molecule has 1 aromatic rings. The number of unbranched alkanes of at least 4 members (excludes halogenated alkanes) is 1. The van der Waals surface area contributed by atoms with Gasteiger partial charge in [0.15, 0.2) is 0 Å². The van der Waals surface area contributed by atoms with Crippen molar-refractivity contribution in [3.8, 4) is 0 Å². The predicted molar refractivity (Wildman–Crippen MR) is 56.1 cm³/mol. The Labute approximate surface area is 89.7 Å². The van der Waals surface area contributed by atoms with E-state index in [1.807, 2.05) is 6.92 Å². The van der Waals surface area contributed by atoms with Crippen molar-refractivity contribution in [3.63, 3.8) is 0 Å². The first kappa shape index (κ1) is 12.2. The minimum absolute atomic E-state index is 0.0417. The summed E-state index contributed by atoms with van der Waals surface area (Å²) in [5, 5.41) is 8.96. The van der Waals surface area contributed by atoms with E-state index in [0.717, 1.165) is 6.42 Å². The molecule has 0 atom stereocenters. The van der Waals surface area contributed by atoms with E-state index in [1.165, 1.54) is 10.8 Å². The zero-order chi connectivity index (χ0) is 11.5. The molecule has 0 amide bonds. The van der Waals surface area contributed by atoms with Crippen LogP contribution >= 0.6 is 0 Å². The number of hydrogen-bond donors (Lipinski definition) is 1. The van der Waals surface area contributed by atoms with Crippen LogP contribution in [0.2, 0.25) is 0 Å². The molecule has 0 spiro atoms. The Morgan fingerprint density at radius 2 is 2.20 bits per heavy atom. The van der Waals surface area contributed by atoms with E-state index >= 15 is 0 Å². The number of sulfone groups is 1. The molecule has 1 N–H and O–H groups in total. The van der Waals surface area contributed by atoms with Gasteiger partial charge in [0.1, 0.15) is 0 Å². The lowest BCUT2D eigenvalue weighted by Gasteiger charge is -2.04. The largest absolute Gasteiger partial charge is 0.390 e. The average Bonchev–Trinajstić information content (AvgIpc) is 2.57. The van der Waals surface area contributed by atoms with E-state index in [9.17, 15) is 8.42 Å². The molecule has 6 heteroatoms. The van der Waals surface area contributed by atoms with Gasteiger partial charge in [-0.1, -0.05) is 13.3 Å². The normalized spacial score (nSPS) is 11.9. The van der Waals surface area contributed by atoms with E-state index in [1.54, 1.807) is 7.05 Å². The molecule has 86 valence electrons. The molecule has 0 bridgehead atoms. The zero-order valence-electron chi connectivity index (χ0n) is 8.97. The third-order valence-corrected chi connectivity index (χ3v) is 4.01. The van der Waals surface area contributed by atoms with Gasteiger partial charge in [0.25, 0.3) is 0 Å². The van der Waals surface area contributed by atoms with Gasteiger partial charge in [-0.3, -0.25) is 0 Å². The highest BCUT2D eigenvalue weighted by Crippen LogP contribution is 2.12. The number of imidazole rings is 1. The van der Waals surface area contributed by atoms with Crippen LogP contribution in [0.5, 0.6) is 0 Å². The molecule has 0 aliphatic heterocycles. The van der Waals surface area contributed by atoms with Gasteiger partial charge in [0.05, 0.1) is 24.3 Å². The third kappa shape index (κ3) is 2.57. The lowest BCUT2D eigenvalue weighted by Crippen LogP contribution is -2.13. The minimum Gasteiger partial charge on any atom is -0.390 e. The summed E-state index contributed by atoms with van der Waals surface area (Å²) in [4.78, 5) is 3.83. The molecule has 1 aromatic heterocycles. The first-order valence-corrected chi connectivity index (χ1v) is 6.52. The summed E-state index contributed by atoms with van der Waals surface area (Å²) in [6.07, 6.45) is 2.85. The highest BCUT2D eigenvalue weighted by molar-refractivity contribution is 7.91. The Balaban J connectivity index is 3.00. The van der Waals surface area contributed by atoms with Gasteiger partial charge in [-0.2, -0.15) is 0 Å². The second kappa shape index (κ2) is 4.76. The molecular weight excluding hydrogens is 216 g/mol. The highest BCUT2D eigenvalue weighted by atomic mass is 32.2. The van der Waals surface area contributed by atoms with Crippen LogP contribution in [0, 0.1) is 0 Å². The zero-order valence-corrected chi connectivity index (χ0v) is 9.79. The van der Waals surface area contributed by atoms with Gasteiger partial charge in [-0.15, -0.1) is 0 Å². The topological polar surface area (TPSA) is 72.2 Å². The van der Waals surface area contributed by atoms with E-state index < -0.39 is 9.84 Å². The number of aliphatic hydroxyl groups is 1. The van der Waals surface area contributed by atoms with Crippen molar-refractivity contribution in [1.29, 1.82) is 0 Å². The Hall–Kier alpha value is -0.880. The van der Waals surface area contributed by atoms with Crippen LogP contribution in [0.25, 0.3) is 0 Å². The SMILES string of the molecule is CCCCS(=O)(=O)c1ncc(CO)n1C. The fourth-order valence-corrected chi connectivity index (χ4v) is 2.89. The number of aliphatic hydroxyl groups excluding tert-OH is 1. The Morgan fingerprint density at radius 1 is 1.53 bits per heavy atom. The number of nitrogens with zero attached hydrogens (tertiary/aromatic N) is 2. The van der Waals surface area contributed by atoms with Crippen molar-refractivity contribution in [2.45, 2.75) is 31.5 Å². The molecule has 0 unspecified atom stereocenters. The van der Waals surface area contributed by atoms with Gasteiger partial charge in [0, 0.05) is 7.05 Å². The van der Waals surface area contributed by atoms with Gasteiger partial charge >= 0.3 is 0 Å². The van der Waals surface area contributed by atoms with Crippen LogP contribution < -0.4 is 0 Å². The van der Waals surface area contributed by atoms with Gasteiger partial charge < -0.3 is 9.67 Å². The summed E-state index contributed by atoms with van der Waals surface area (Å²) < 4.78 is 25.0. The van der Waals surface area contributed by atoms with Crippen molar-refractivity contribution in [3.05, 3.63) is 11.9 Å². The van der Waals surface area contributed by atoms with Crippen LogP contribution in [0.15, 0.2) is 11.4 Å². The molecule has 0 aliphatic rings. The first-order valence-electron chi connectivity index (χ1n) is 4.87. The third-order valence-electron chi connectivity index (χ3n) is 2.25. The monoisotopic (exact) mass is 232 g/mol. The smallest absolute Gasteiger partial charge is 0.227 e. The average molecular weight is 232 g/mol. The van der Waals surface area contributed by atoms with E-state index in [-0.39, 0.29) is 17.5 Å². The van der Waals surface area contributed by atoms with Crippen molar-refractivity contribution >= 4 is 9.84 Å². The Morgan fingerprint density at radius 3 is 2.67 bits per heavy atom. The van der Waals surface area contributed by atoms with E-state index in [4.69, 9.17) is 5.11 Å². The predicted octanol–water partition coefficient (Wildman–Crippen LogP) is 0.486. The maximum absolute atomic E-state index is 11.8. The molecule has 0 aliphatic carbocycles. The quantitative estimate of drug-likeness (QED) is 0.801. The number of rotatable bonds is 5. The standard InChI is InChI=1S/C9H16N2O3S/c1-3-4-5-15(13,14)9-10-6-8(7-12)11(9)2/h6,12H,3-5,7H2,1-2H3. The summed E-state index contributed by atoms with van der Waals surface area (Å²) in [7, 11) is -1.71. The van der Waals surface area contributed by atoms with E-state index in [2.05, 4.69) is 4.98 Å². The lowest BCUT2D eigenvalue weighted by molar-refractivity contribution is 0.271. The minimum atomic E-state index is -3.30. The maximum Gasteiger partial charge on any atom is 0.227 e. The Kier molecular flexibility index (Phi) is 3.87. The van der Waals surface area contributed by atoms with Crippen molar-refractivity contribution < 1.29 is 13.5 Å². The van der Waals surface area contributed by atoms with Crippen LogP contribution in [0.4, 0.5) is 0 Å². The molecule has 15 heavy (non-hydrogen) atoms. The molecule has 5 nitrogen and oxygen atoms in total. The Bertz CT molecular complexity index is 423.